The van der Waals surface area contributed by atoms with E-state index in [-0.39, 0.29) is 5.41 Å². The van der Waals surface area contributed by atoms with Crippen LogP contribution >= 0.6 is 11.6 Å². The van der Waals surface area contributed by atoms with Gasteiger partial charge in [-0.2, -0.15) is 0 Å². The molecule has 1 aromatic heterocycles. The van der Waals surface area contributed by atoms with Crippen LogP contribution in [0.15, 0.2) is 54.7 Å². The van der Waals surface area contributed by atoms with Gasteiger partial charge in [0.05, 0.1) is 6.61 Å². The molecule has 1 saturated heterocycles. The molecule has 1 spiro atoms. The largest absolute Gasteiger partial charge is 0.493 e. The Balaban J connectivity index is 1.12. The number of nitrogens with zero attached hydrogens (tertiary/aromatic N) is 1. The number of hydrogen-bond donors (Lipinski definition) is 3. The summed E-state index contributed by atoms with van der Waals surface area (Å²) in [6.45, 7) is 6.99. The lowest BCUT2D eigenvalue weighted by Crippen LogP contribution is -2.53. The number of carboxylic acids is 1. The van der Waals surface area contributed by atoms with E-state index in [9.17, 15) is 9.90 Å². The number of ether oxygens (including phenoxy) is 2. The Morgan fingerprint density at radius 3 is 2.73 bits per heavy atom. The minimum Gasteiger partial charge on any atom is -0.493 e. The fraction of sp³-hybridized carbons (Fsp3) is 0.550. The molecule has 3 aromatic rings. The Bertz CT molecular complexity index is 1610. The number of aliphatic carboxylic acids is 1. The molecule has 3 N–H and O–H groups in total. The summed E-state index contributed by atoms with van der Waals surface area (Å²) in [6.07, 6.45) is 12.3. The maximum Gasteiger partial charge on any atom is 0.329 e. The molecule has 2 fully saturated rings. The number of fused-ring (bicyclic) bond motifs is 3. The number of rotatable bonds is 11. The summed E-state index contributed by atoms with van der Waals surface area (Å²) in [6, 6.07) is 16.5. The van der Waals surface area contributed by atoms with Gasteiger partial charge in [-0.3, -0.25) is 4.98 Å². The van der Waals surface area contributed by atoms with Gasteiger partial charge >= 0.3 is 5.97 Å². The van der Waals surface area contributed by atoms with E-state index < -0.39 is 11.5 Å². The number of nitrogens with one attached hydrogen (secondary N) is 2. The van der Waals surface area contributed by atoms with Crippen LogP contribution in [0.5, 0.6) is 11.5 Å². The van der Waals surface area contributed by atoms with Crippen molar-refractivity contribution in [3.05, 3.63) is 82.1 Å². The van der Waals surface area contributed by atoms with Gasteiger partial charge in [0.25, 0.3) is 0 Å². The van der Waals surface area contributed by atoms with Gasteiger partial charge in [-0.15, -0.1) is 0 Å². The highest BCUT2D eigenvalue weighted by atomic mass is 35.5. The highest BCUT2D eigenvalue weighted by Crippen LogP contribution is 2.57. The molecule has 7 rings (SSSR count). The summed E-state index contributed by atoms with van der Waals surface area (Å²) in [4.78, 5) is 17.6. The van der Waals surface area contributed by atoms with Gasteiger partial charge in [-0.1, -0.05) is 37.6 Å². The second kappa shape index (κ2) is 13.9. The van der Waals surface area contributed by atoms with Crippen molar-refractivity contribution < 1.29 is 19.4 Å². The minimum atomic E-state index is -1.04. The van der Waals surface area contributed by atoms with Crippen molar-refractivity contribution >= 4 is 23.3 Å². The van der Waals surface area contributed by atoms with Crippen LogP contribution in [-0.2, 0) is 23.1 Å². The van der Waals surface area contributed by atoms with E-state index in [1.165, 1.54) is 41.6 Å². The fourth-order valence-corrected chi connectivity index (χ4v) is 9.45. The van der Waals surface area contributed by atoms with Gasteiger partial charge in [0.2, 0.25) is 0 Å². The van der Waals surface area contributed by atoms with Gasteiger partial charge in [0.1, 0.15) is 23.6 Å². The molecule has 3 aliphatic carbocycles. The summed E-state index contributed by atoms with van der Waals surface area (Å²) >= 11 is 6.28. The van der Waals surface area contributed by atoms with Gasteiger partial charge in [-0.25, -0.2) is 4.79 Å². The molecule has 0 radical (unpaired) electrons. The van der Waals surface area contributed by atoms with Crippen molar-refractivity contribution in [3.8, 4) is 11.5 Å². The van der Waals surface area contributed by atoms with Crippen molar-refractivity contribution in [3.63, 3.8) is 0 Å². The number of anilines is 1. The molecule has 4 atom stereocenters. The lowest BCUT2D eigenvalue weighted by molar-refractivity contribution is -0.144. The van der Waals surface area contributed by atoms with Gasteiger partial charge < -0.3 is 25.2 Å². The predicted molar refractivity (Wildman–Crippen MR) is 191 cm³/mol. The van der Waals surface area contributed by atoms with E-state index in [1.807, 2.05) is 36.5 Å². The first kappa shape index (κ1) is 33.2. The zero-order chi connectivity index (χ0) is 33.3. The third-order valence-electron chi connectivity index (χ3n) is 11.9. The molecule has 1 saturated carbocycles. The van der Waals surface area contributed by atoms with Gasteiger partial charge in [-0.05, 0) is 148 Å². The Morgan fingerprint density at radius 1 is 1.10 bits per heavy atom. The number of aryl methyl sites for hydroxylation is 1. The van der Waals surface area contributed by atoms with Crippen LogP contribution in [0.3, 0.4) is 0 Å². The molecular formula is C40H50ClN3O4. The van der Waals surface area contributed by atoms with Crippen LogP contribution in [-0.4, -0.2) is 47.4 Å². The number of aromatic nitrogens is 1. The Hall–Kier alpha value is -3.29. The number of carboxylic acid groups (broad SMARTS) is 1. The number of carbonyl (C=O) groups is 1. The fourth-order valence-electron chi connectivity index (χ4n) is 9.26. The second-order valence-corrected chi connectivity index (χ2v) is 15.6. The van der Waals surface area contributed by atoms with Crippen LogP contribution in [0.4, 0.5) is 5.69 Å². The summed E-state index contributed by atoms with van der Waals surface area (Å²) in [5, 5.41) is 18.2. The monoisotopic (exact) mass is 671 g/mol. The lowest BCUT2D eigenvalue weighted by Gasteiger charge is -2.47. The van der Waals surface area contributed by atoms with E-state index >= 15 is 0 Å². The Labute approximate surface area is 290 Å². The predicted octanol–water partition coefficient (Wildman–Crippen LogP) is 8.33. The molecule has 0 amide bonds. The zero-order valence-electron chi connectivity index (χ0n) is 28.4. The highest BCUT2D eigenvalue weighted by molar-refractivity contribution is 6.30. The molecule has 1 aliphatic heterocycles. The number of halogens is 1. The quantitative estimate of drug-likeness (QED) is 0.189. The third-order valence-corrected chi connectivity index (χ3v) is 12.1. The average Bonchev–Trinajstić information content (AvgIpc) is 3.70. The molecule has 7 nitrogen and oxygen atoms in total. The molecule has 256 valence electrons. The summed E-state index contributed by atoms with van der Waals surface area (Å²) < 4.78 is 12.9. The molecule has 2 heterocycles. The standard InChI is InChI=1S/C40H50ClN3O4/c1-26(24-48-36-13-19-43-35-10-3-6-27(2)37(35)36)20-29-21-28-11-12-33(47-25-32-9-5-18-42-32)23-34(28)39(29)14-16-40(17-15-39,38(45)46)44-31-8-4-7-30(41)22-31/h4,7-8,11-13,19,22-23,26-27,29,32,42,44H,3,5-6,9-10,14-18,20-21,24-25H2,1-2H3,(H,45,46)/t26-,27-,29+,32+,39?,40?/m1/s1. The van der Waals surface area contributed by atoms with Crippen molar-refractivity contribution in [2.75, 3.05) is 25.1 Å². The summed E-state index contributed by atoms with van der Waals surface area (Å²) in [5.74, 6) is 2.31. The lowest BCUT2D eigenvalue weighted by atomic mass is 9.59. The van der Waals surface area contributed by atoms with Crippen LogP contribution in [0.1, 0.15) is 99.9 Å². The van der Waals surface area contributed by atoms with Crippen LogP contribution in [0.2, 0.25) is 5.02 Å². The van der Waals surface area contributed by atoms with Crippen molar-refractivity contribution in [1.29, 1.82) is 0 Å². The Morgan fingerprint density at radius 2 is 1.96 bits per heavy atom. The molecular weight excluding hydrogens is 622 g/mol. The van der Waals surface area contributed by atoms with E-state index in [0.29, 0.717) is 54.9 Å². The van der Waals surface area contributed by atoms with Crippen LogP contribution in [0.25, 0.3) is 0 Å². The van der Waals surface area contributed by atoms with Gasteiger partial charge in [0.15, 0.2) is 0 Å². The SMILES string of the molecule is C[C@@H](COc1ccnc2c1[C@H](C)CCC2)C[C@H]1Cc2ccc(OC[C@@H]3CCCN3)cc2C12CCC(Nc1cccc(Cl)c1)(C(=O)O)CC2. The second-order valence-electron chi connectivity index (χ2n) is 15.1. The number of benzene rings is 2. The topological polar surface area (TPSA) is 92.7 Å². The molecule has 8 heteroatoms. The molecule has 2 aromatic carbocycles. The van der Waals surface area contributed by atoms with E-state index in [2.05, 4.69) is 47.7 Å². The van der Waals surface area contributed by atoms with Crippen molar-refractivity contribution in [2.24, 2.45) is 11.8 Å². The minimum absolute atomic E-state index is 0.117. The summed E-state index contributed by atoms with van der Waals surface area (Å²) in [5.41, 5.74) is 4.81. The third kappa shape index (κ3) is 6.65. The maximum absolute atomic E-state index is 12.9. The first-order valence-electron chi connectivity index (χ1n) is 18.1. The van der Waals surface area contributed by atoms with E-state index in [0.717, 1.165) is 62.3 Å². The number of hydrogen-bond acceptors (Lipinski definition) is 6. The molecule has 48 heavy (non-hydrogen) atoms. The molecule has 0 bridgehead atoms. The smallest absolute Gasteiger partial charge is 0.329 e. The van der Waals surface area contributed by atoms with Crippen LogP contribution in [0, 0.1) is 11.8 Å². The van der Waals surface area contributed by atoms with E-state index in [1.54, 1.807) is 0 Å². The van der Waals surface area contributed by atoms with Gasteiger partial charge in [0, 0.05) is 34.2 Å². The average molecular weight is 672 g/mol. The number of pyridine rings is 1. The van der Waals surface area contributed by atoms with E-state index in [4.69, 9.17) is 21.1 Å². The van der Waals surface area contributed by atoms with Crippen molar-refractivity contribution in [1.82, 2.24) is 10.3 Å². The van der Waals surface area contributed by atoms with Crippen LogP contribution < -0.4 is 20.1 Å². The highest BCUT2D eigenvalue weighted by Gasteiger charge is 2.54. The molecule has 4 aliphatic rings. The van der Waals surface area contributed by atoms with Crippen molar-refractivity contribution in [2.45, 2.75) is 107 Å². The normalized spacial score (nSPS) is 28.4. The first-order chi connectivity index (χ1) is 23.2. The molecule has 0 unspecified atom stereocenters. The summed E-state index contributed by atoms with van der Waals surface area (Å²) in [7, 11) is 0. The first-order valence-corrected chi connectivity index (χ1v) is 18.5. The maximum atomic E-state index is 12.9. The Kier molecular flexibility index (Phi) is 9.63. The zero-order valence-corrected chi connectivity index (χ0v) is 29.2.